The van der Waals surface area contributed by atoms with E-state index < -0.39 is 0 Å². The van der Waals surface area contributed by atoms with Crippen molar-refractivity contribution in [1.29, 1.82) is 0 Å². The molecule has 0 amide bonds. The lowest BCUT2D eigenvalue weighted by molar-refractivity contribution is 0.270. The molecule has 0 saturated carbocycles. The number of hydrogen-bond donors (Lipinski definition) is 2. The van der Waals surface area contributed by atoms with Crippen LogP contribution in [0.2, 0.25) is 0 Å². The molecule has 0 aliphatic carbocycles. The molecular formula is C6H9NO2. The van der Waals surface area contributed by atoms with Gasteiger partial charge in [0.2, 0.25) is 0 Å². The first-order valence-corrected chi connectivity index (χ1v) is 2.96. The van der Waals surface area contributed by atoms with Crippen molar-refractivity contribution in [2.45, 2.75) is 12.5 Å². The molecule has 3 nitrogen and oxygen atoms in total. The molecule has 1 aliphatic heterocycles. The van der Waals surface area contributed by atoms with Gasteiger partial charge < -0.3 is 10.4 Å². The molecule has 2 N–H and O–H groups in total. The molecular weight excluding hydrogens is 118 g/mol. The fourth-order valence-electron chi connectivity index (χ4n) is 0.975. The third-order valence-electron chi connectivity index (χ3n) is 1.52. The Morgan fingerprint density at radius 2 is 2.67 bits per heavy atom. The van der Waals surface area contributed by atoms with Crippen molar-refractivity contribution >= 4 is 5.94 Å². The van der Waals surface area contributed by atoms with E-state index in [1.54, 1.807) is 0 Å². The van der Waals surface area contributed by atoms with Crippen molar-refractivity contribution in [3.8, 4) is 0 Å². The van der Waals surface area contributed by atoms with Crippen molar-refractivity contribution < 1.29 is 9.90 Å². The molecule has 1 rings (SSSR count). The minimum absolute atomic E-state index is 0.00454. The normalized spacial score (nSPS) is 26.3. The third kappa shape index (κ3) is 1.19. The van der Waals surface area contributed by atoms with E-state index in [4.69, 9.17) is 5.11 Å². The Morgan fingerprint density at radius 1 is 1.89 bits per heavy atom. The van der Waals surface area contributed by atoms with Crippen molar-refractivity contribution in [2.75, 3.05) is 13.2 Å². The molecule has 0 bridgehead atoms. The van der Waals surface area contributed by atoms with E-state index >= 15 is 0 Å². The van der Waals surface area contributed by atoms with Gasteiger partial charge >= 0.3 is 0 Å². The molecule has 1 atom stereocenters. The number of aliphatic hydroxyl groups excluding tert-OH is 1. The summed E-state index contributed by atoms with van der Waals surface area (Å²) in [4.78, 5) is 10.1. The highest BCUT2D eigenvalue weighted by atomic mass is 16.3. The van der Waals surface area contributed by atoms with Crippen LogP contribution in [-0.2, 0) is 4.79 Å². The molecule has 0 spiro atoms. The van der Waals surface area contributed by atoms with Crippen LogP contribution in [0.25, 0.3) is 0 Å². The maximum Gasteiger partial charge on any atom is 0.125 e. The Hall–Kier alpha value is -0.630. The van der Waals surface area contributed by atoms with E-state index in [1.165, 1.54) is 0 Å². The van der Waals surface area contributed by atoms with Crippen LogP contribution in [0.5, 0.6) is 0 Å². The lowest BCUT2D eigenvalue weighted by atomic mass is 10.1. The molecule has 0 radical (unpaired) electrons. The zero-order chi connectivity index (χ0) is 6.69. The topological polar surface area (TPSA) is 49.3 Å². The standard InChI is InChI=1S/C6H9NO2/c8-3-5-1-2-7-6(5)4-9/h6-7,9H,1-2,4H2/t6-/m0/s1. The first-order chi connectivity index (χ1) is 4.38. The predicted molar refractivity (Wildman–Crippen MR) is 32.7 cm³/mol. The lowest BCUT2D eigenvalue weighted by Crippen LogP contribution is -2.26. The third-order valence-corrected chi connectivity index (χ3v) is 1.52. The Labute approximate surface area is 53.4 Å². The number of aliphatic hydroxyl groups is 1. The summed E-state index contributed by atoms with van der Waals surface area (Å²) in [5.41, 5.74) is 0.664. The van der Waals surface area contributed by atoms with Crippen molar-refractivity contribution in [1.82, 2.24) is 5.32 Å². The predicted octanol–water partition coefficient (Wildman–Crippen LogP) is -0.901. The monoisotopic (exact) mass is 127 g/mol. The van der Waals surface area contributed by atoms with Gasteiger partial charge in [0.1, 0.15) is 5.94 Å². The smallest absolute Gasteiger partial charge is 0.125 e. The largest absolute Gasteiger partial charge is 0.394 e. The van der Waals surface area contributed by atoms with Crippen LogP contribution in [0.15, 0.2) is 5.57 Å². The summed E-state index contributed by atoms with van der Waals surface area (Å²) in [5, 5.41) is 11.6. The van der Waals surface area contributed by atoms with Gasteiger partial charge in [-0.05, 0) is 6.42 Å². The van der Waals surface area contributed by atoms with Gasteiger partial charge in [0, 0.05) is 12.1 Å². The maximum absolute atomic E-state index is 10.1. The van der Waals surface area contributed by atoms with Crippen molar-refractivity contribution in [3.05, 3.63) is 5.57 Å². The number of carbonyl (C=O) groups excluding carboxylic acids is 1. The lowest BCUT2D eigenvalue weighted by Gasteiger charge is -2.02. The average Bonchev–Trinajstić information content (AvgIpc) is 2.33. The zero-order valence-corrected chi connectivity index (χ0v) is 5.05. The molecule has 0 aromatic rings. The molecule has 0 aromatic carbocycles. The first-order valence-electron chi connectivity index (χ1n) is 2.96. The van der Waals surface area contributed by atoms with Crippen molar-refractivity contribution in [2.24, 2.45) is 0 Å². The van der Waals surface area contributed by atoms with E-state index in [2.05, 4.69) is 5.32 Å². The van der Waals surface area contributed by atoms with E-state index in [0.29, 0.717) is 5.57 Å². The van der Waals surface area contributed by atoms with E-state index in [-0.39, 0.29) is 12.6 Å². The van der Waals surface area contributed by atoms with Crippen LogP contribution >= 0.6 is 0 Å². The van der Waals surface area contributed by atoms with Gasteiger partial charge in [-0.25, -0.2) is 4.79 Å². The van der Waals surface area contributed by atoms with Crippen LogP contribution in [0.3, 0.4) is 0 Å². The summed E-state index contributed by atoms with van der Waals surface area (Å²) in [6, 6.07) is -0.123. The average molecular weight is 127 g/mol. The molecule has 3 heteroatoms. The summed E-state index contributed by atoms with van der Waals surface area (Å²) in [7, 11) is 0. The first kappa shape index (κ1) is 6.49. The Kier molecular flexibility index (Phi) is 2.01. The number of rotatable bonds is 1. The zero-order valence-electron chi connectivity index (χ0n) is 5.05. The minimum atomic E-state index is -0.123. The fourth-order valence-corrected chi connectivity index (χ4v) is 0.975. The second-order valence-electron chi connectivity index (χ2n) is 2.07. The highest BCUT2D eigenvalue weighted by Gasteiger charge is 2.19. The second kappa shape index (κ2) is 2.78. The SMILES string of the molecule is O=C=C1CCN[C@H]1CO. The number of nitrogens with one attached hydrogen (secondary N) is 1. The quantitative estimate of drug-likeness (QED) is 0.449. The number of hydrogen-bond acceptors (Lipinski definition) is 3. The summed E-state index contributed by atoms with van der Waals surface area (Å²) in [6.45, 7) is 0.792. The Bertz CT molecular complexity index is 149. The second-order valence-corrected chi connectivity index (χ2v) is 2.07. The van der Waals surface area contributed by atoms with E-state index in [9.17, 15) is 4.79 Å². The van der Waals surface area contributed by atoms with Gasteiger partial charge in [0.05, 0.1) is 12.6 Å². The summed E-state index contributed by atoms with van der Waals surface area (Å²) in [6.07, 6.45) is 0.731. The summed E-state index contributed by atoms with van der Waals surface area (Å²) >= 11 is 0. The molecule has 1 saturated heterocycles. The summed E-state index contributed by atoms with van der Waals surface area (Å²) < 4.78 is 0. The Balaban J connectivity index is 2.62. The summed E-state index contributed by atoms with van der Waals surface area (Å²) in [5.74, 6) is 1.81. The molecule has 50 valence electrons. The molecule has 1 fully saturated rings. The molecule has 0 aromatic heterocycles. The Morgan fingerprint density at radius 3 is 3.11 bits per heavy atom. The van der Waals surface area contributed by atoms with Crippen LogP contribution in [0.4, 0.5) is 0 Å². The molecule has 1 aliphatic rings. The molecule has 1 heterocycles. The van der Waals surface area contributed by atoms with Crippen LogP contribution in [-0.4, -0.2) is 30.2 Å². The minimum Gasteiger partial charge on any atom is -0.394 e. The van der Waals surface area contributed by atoms with Crippen molar-refractivity contribution in [3.63, 3.8) is 0 Å². The van der Waals surface area contributed by atoms with Crippen LogP contribution in [0.1, 0.15) is 6.42 Å². The molecule has 0 unspecified atom stereocenters. The van der Waals surface area contributed by atoms with E-state index in [1.807, 2.05) is 5.94 Å². The van der Waals surface area contributed by atoms with Gasteiger partial charge in [-0.15, -0.1) is 0 Å². The van der Waals surface area contributed by atoms with Gasteiger partial charge in [-0.2, -0.15) is 0 Å². The van der Waals surface area contributed by atoms with Gasteiger partial charge in [-0.3, -0.25) is 0 Å². The van der Waals surface area contributed by atoms with E-state index in [0.717, 1.165) is 13.0 Å². The van der Waals surface area contributed by atoms with Gasteiger partial charge in [0.15, 0.2) is 0 Å². The van der Waals surface area contributed by atoms with Crippen LogP contribution in [0, 0.1) is 0 Å². The van der Waals surface area contributed by atoms with Crippen LogP contribution < -0.4 is 5.32 Å². The van der Waals surface area contributed by atoms with Gasteiger partial charge in [0.25, 0.3) is 0 Å². The fraction of sp³-hybridized carbons (Fsp3) is 0.667. The highest BCUT2D eigenvalue weighted by Crippen LogP contribution is 2.08. The maximum atomic E-state index is 10.1. The highest BCUT2D eigenvalue weighted by molar-refractivity contribution is 5.55. The van der Waals surface area contributed by atoms with Gasteiger partial charge in [-0.1, -0.05) is 0 Å². The molecule has 9 heavy (non-hydrogen) atoms.